The van der Waals surface area contributed by atoms with E-state index in [0.29, 0.717) is 13.1 Å². The van der Waals surface area contributed by atoms with Crippen LogP contribution in [-0.2, 0) is 4.79 Å². The lowest BCUT2D eigenvalue weighted by atomic mass is 10.5. The minimum absolute atomic E-state index is 0.0235. The Hall–Kier alpha value is -0.610. The molecular weight excluding hydrogens is 144 g/mol. The molecule has 4 nitrogen and oxygen atoms in total. The molecule has 0 aliphatic carbocycles. The Kier molecular flexibility index (Phi) is 4.81. The highest BCUT2D eigenvalue weighted by molar-refractivity contribution is 5.77. The van der Waals surface area contributed by atoms with Crippen molar-refractivity contribution in [1.82, 2.24) is 9.80 Å². The molecule has 66 valence electrons. The number of nitrogens with zero attached hydrogens (tertiary/aromatic N) is 2. The highest BCUT2D eigenvalue weighted by Crippen LogP contribution is 1.85. The molecule has 0 aliphatic heterocycles. The summed E-state index contributed by atoms with van der Waals surface area (Å²) in [5.74, 6) is 0.0315. The van der Waals surface area contributed by atoms with Crippen LogP contribution in [0, 0.1) is 0 Å². The molecule has 0 rings (SSSR count). The highest BCUT2D eigenvalue weighted by Gasteiger charge is 2.07. The van der Waals surface area contributed by atoms with Crippen molar-refractivity contribution in [2.75, 3.05) is 40.8 Å². The van der Waals surface area contributed by atoms with Gasteiger partial charge in [-0.3, -0.25) is 4.79 Å². The van der Waals surface area contributed by atoms with Gasteiger partial charge in [0.15, 0.2) is 0 Å². The number of aliphatic hydroxyl groups is 1. The summed E-state index contributed by atoms with van der Waals surface area (Å²) in [6, 6.07) is 0. The summed E-state index contributed by atoms with van der Waals surface area (Å²) in [5, 5.41) is 8.51. The van der Waals surface area contributed by atoms with E-state index in [0.717, 1.165) is 0 Å². The number of amides is 1. The molecule has 0 heterocycles. The molecule has 0 fully saturated rings. The lowest BCUT2D eigenvalue weighted by Crippen LogP contribution is -2.36. The van der Waals surface area contributed by atoms with Gasteiger partial charge in [0.2, 0.25) is 5.91 Å². The predicted octanol–water partition coefficient (Wildman–Crippen LogP) is -1.00. The highest BCUT2D eigenvalue weighted by atomic mass is 16.3. The van der Waals surface area contributed by atoms with Gasteiger partial charge in [-0.1, -0.05) is 0 Å². The largest absolute Gasteiger partial charge is 0.395 e. The standard InChI is InChI=1S/C7H16N2O2/c1-8(2)6-7(11)9(3)4-5-10/h10H,4-6H2,1-3H3. The molecule has 1 N–H and O–H groups in total. The van der Waals surface area contributed by atoms with E-state index in [4.69, 9.17) is 5.11 Å². The Labute approximate surface area is 67.4 Å². The van der Waals surface area contributed by atoms with Crippen LogP contribution >= 0.6 is 0 Å². The maximum Gasteiger partial charge on any atom is 0.236 e. The normalized spacial score (nSPS) is 10.3. The molecule has 0 atom stereocenters. The number of hydrogen-bond donors (Lipinski definition) is 1. The van der Waals surface area contributed by atoms with E-state index >= 15 is 0 Å². The van der Waals surface area contributed by atoms with Crippen molar-refractivity contribution >= 4 is 5.91 Å². The third-order valence-electron chi connectivity index (χ3n) is 1.31. The van der Waals surface area contributed by atoms with Gasteiger partial charge < -0.3 is 14.9 Å². The Morgan fingerprint density at radius 3 is 2.27 bits per heavy atom. The molecule has 0 saturated carbocycles. The average Bonchev–Trinajstić information content (AvgIpc) is 1.86. The quantitative estimate of drug-likeness (QED) is 0.573. The zero-order valence-electron chi connectivity index (χ0n) is 7.37. The minimum atomic E-state index is 0.0235. The van der Waals surface area contributed by atoms with Crippen LogP contribution in [0.5, 0.6) is 0 Å². The third kappa shape index (κ3) is 4.75. The summed E-state index contributed by atoms with van der Waals surface area (Å²) in [6.45, 7) is 0.832. The van der Waals surface area contributed by atoms with E-state index in [2.05, 4.69) is 0 Å². The Bertz CT molecular complexity index is 126. The molecule has 0 aliphatic rings. The number of rotatable bonds is 4. The molecule has 0 bridgehead atoms. The van der Waals surface area contributed by atoms with Crippen LogP contribution in [0.25, 0.3) is 0 Å². The number of carbonyl (C=O) groups excluding carboxylic acids is 1. The van der Waals surface area contributed by atoms with Crippen LogP contribution in [0.2, 0.25) is 0 Å². The zero-order valence-corrected chi connectivity index (χ0v) is 7.37. The van der Waals surface area contributed by atoms with E-state index in [1.807, 2.05) is 14.1 Å². The number of carbonyl (C=O) groups is 1. The van der Waals surface area contributed by atoms with E-state index in [1.54, 1.807) is 11.9 Å². The molecule has 0 aromatic carbocycles. The van der Waals surface area contributed by atoms with Gasteiger partial charge in [-0.2, -0.15) is 0 Å². The van der Waals surface area contributed by atoms with Crippen molar-refractivity contribution in [3.05, 3.63) is 0 Å². The van der Waals surface area contributed by atoms with Crippen molar-refractivity contribution in [3.8, 4) is 0 Å². The second-order valence-corrected chi connectivity index (χ2v) is 2.78. The van der Waals surface area contributed by atoms with Gasteiger partial charge in [-0.15, -0.1) is 0 Å². The predicted molar refractivity (Wildman–Crippen MR) is 43.3 cm³/mol. The van der Waals surface area contributed by atoms with Crippen molar-refractivity contribution < 1.29 is 9.90 Å². The number of likely N-dealkylation sites (N-methyl/N-ethyl adjacent to an activating group) is 2. The van der Waals surface area contributed by atoms with E-state index in [-0.39, 0.29) is 12.5 Å². The fourth-order valence-electron chi connectivity index (χ4n) is 0.666. The second-order valence-electron chi connectivity index (χ2n) is 2.78. The van der Waals surface area contributed by atoms with E-state index in [1.165, 1.54) is 4.90 Å². The van der Waals surface area contributed by atoms with Crippen LogP contribution in [0.15, 0.2) is 0 Å². The smallest absolute Gasteiger partial charge is 0.236 e. The second kappa shape index (κ2) is 5.09. The lowest BCUT2D eigenvalue weighted by molar-refractivity contribution is -0.130. The SMILES string of the molecule is CN(C)CC(=O)N(C)CCO. The van der Waals surface area contributed by atoms with Gasteiger partial charge in [0.25, 0.3) is 0 Å². The number of aliphatic hydroxyl groups excluding tert-OH is 1. The summed E-state index contributed by atoms with van der Waals surface area (Å²) in [7, 11) is 5.36. The Morgan fingerprint density at radius 1 is 1.36 bits per heavy atom. The van der Waals surface area contributed by atoms with Crippen LogP contribution in [0.4, 0.5) is 0 Å². The maximum absolute atomic E-state index is 11.1. The van der Waals surface area contributed by atoms with Gasteiger partial charge in [-0.05, 0) is 14.1 Å². The molecule has 0 saturated heterocycles. The first-order valence-electron chi connectivity index (χ1n) is 3.57. The molecular formula is C7H16N2O2. The first kappa shape index (κ1) is 10.4. The first-order chi connectivity index (χ1) is 5.07. The van der Waals surface area contributed by atoms with Gasteiger partial charge in [0.05, 0.1) is 13.2 Å². The summed E-state index contributed by atoms with van der Waals surface area (Å²) in [5.41, 5.74) is 0. The third-order valence-corrected chi connectivity index (χ3v) is 1.31. The molecule has 0 unspecified atom stereocenters. The molecule has 0 aromatic rings. The topological polar surface area (TPSA) is 43.8 Å². The monoisotopic (exact) mass is 160 g/mol. The first-order valence-corrected chi connectivity index (χ1v) is 3.57. The molecule has 0 aromatic heterocycles. The molecule has 0 spiro atoms. The fourth-order valence-corrected chi connectivity index (χ4v) is 0.666. The minimum Gasteiger partial charge on any atom is -0.395 e. The Morgan fingerprint density at radius 2 is 1.91 bits per heavy atom. The van der Waals surface area contributed by atoms with Crippen molar-refractivity contribution in [2.45, 2.75) is 0 Å². The number of hydrogen-bond acceptors (Lipinski definition) is 3. The fraction of sp³-hybridized carbons (Fsp3) is 0.857. The van der Waals surface area contributed by atoms with Crippen molar-refractivity contribution in [2.24, 2.45) is 0 Å². The van der Waals surface area contributed by atoms with Gasteiger partial charge in [-0.25, -0.2) is 0 Å². The van der Waals surface area contributed by atoms with E-state index < -0.39 is 0 Å². The molecule has 1 amide bonds. The lowest BCUT2D eigenvalue weighted by Gasteiger charge is -2.17. The van der Waals surface area contributed by atoms with Crippen LogP contribution in [-0.4, -0.2) is 61.7 Å². The van der Waals surface area contributed by atoms with Crippen LogP contribution in [0.3, 0.4) is 0 Å². The average molecular weight is 160 g/mol. The Balaban J connectivity index is 3.64. The van der Waals surface area contributed by atoms with Crippen molar-refractivity contribution in [1.29, 1.82) is 0 Å². The zero-order chi connectivity index (χ0) is 8.85. The summed E-state index contributed by atoms with van der Waals surface area (Å²) >= 11 is 0. The van der Waals surface area contributed by atoms with Gasteiger partial charge in [0.1, 0.15) is 0 Å². The van der Waals surface area contributed by atoms with Gasteiger partial charge in [0, 0.05) is 13.6 Å². The van der Waals surface area contributed by atoms with Gasteiger partial charge >= 0.3 is 0 Å². The van der Waals surface area contributed by atoms with Crippen LogP contribution in [0.1, 0.15) is 0 Å². The van der Waals surface area contributed by atoms with Crippen LogP contribution < -0.4 is 0 Å². The van der Waals surface area contributed by atoms with E-state index in [9.17, 15) is 4.79 Å². The van der Waals surface area contributed by atoms with Crippen molar-refractivity contribution in [3.63, 3.8) is 0 Å². The molecule has 4 heteroatoms. The summed E-state index contributed by atoms with van der Waals surface area (Å²) < 4.78 is 0. The molecule has 11 heavy (non-hydrogen) atoms. The molecule has 0 radical (unpaired) electrons. The maximum atomic E-state index is 11.1. The summed E-state index contributed by atoms with van der Waals surface area (Å²) in [6.07, 6.45) is 0. The summed E-state index contributed by atoms with van der Waals surface area (Å²) in [4.78, 5) is 14.4.